The molecule has 0 radical (unpaired) electrons. The van der Waals surface area contributed by atoms with Crippen LogP contribution in [-0.4, -0.2) is 13.1 Å². The Bertz CT molecular complexity index is 394. The van der Waals surface area contributed by atoms with Gasteiger partial charge in [-0.2, -0.15) is 0 Å². The van der Waals surface area contributed by atoms with Gasteiger partial charge in [0, 0.05) is 11.6 Å². The van der Waals surface area contributed by atoms with Crippen LogP contribution in [0.5, 0.6) is 0 Å². The lowest BCUT2D eigenvalue weighted by atomic mass is 10.00. The zero-order valence-corrected chi connectivity index (χ0v) is 11.9. The van der Waals surface area contributed by atoms with Gasteiger partial charge >= 0.3 is 0 Å². The Morgan fingerprint density at radius 2 is 2.12 bits per heavy atom. The van der Waals surface area contributed by atoms with Gasteiger partial charge in [0.1, 0.15) is 0 Å². The van der Waals surface area contributed by atoms with E-state index in [9.17, 15) is 0 Å². The zero-order valence-electron chi connectivity index (χ0n) is 11.2. The zero-order chi connectivity index (χ0) is 12.8. The van der Waals surface area contributed by atoms with Crippen LogP contribution in [0.1, 0.15) is 31.9 Å². The number of likely N-dealkylation sites (N-methyl/N-ethyl adjacent to an activating group) is 1. The maximum atomic E-state index is 6.14. The summed E-state index contributed by atoms with van der Waals surface area (Å²) in [6, 6.07) is 6.22. The van der Waals surface area contributed by atoms with Crippen LogP contribution in [0.15, 0.2) is 23.8 Å². The van der Waals surface area contributed by atoms with Gasteiger partial charge in [0.05, 0.1) is 0 Å². The average Bonchev–Trinajstić information content (AvgIpc) is 2.28. The fraction of sp³-hybridized carbons (Fsp3) is 0.467. The predicted molar refractivity (Wildman–Crippen MR) is 77.5 cm³/mol. The molecule has 1 N–H and O–H groups in total. The molecule has 94 valence electrons. The molecule has 0 bridgehead atoms. The largest absolute Gasteiger partial charge is 0.313 e. The summed E-state index contributed by atoms with van der Waals surface area (Å²) in [6.45, 7) is 10.5. The highest BCUT2D eigenvalue weighted by Crippen LogP contribution is 2.20. The molecule has 1 aromatic carbocycles. The van der Waals surface area contributed by atoms with E-state index in [0.717, 1.165) is 23.7 Å². The van der Waals surface area contributed by atoms with Crippen molar-refractivity contribution in [2.45, 2.75) is 27.7 Å². The highest BCUT2D eigenvalue weighted by atomic mass is 35.5. The van der Waals surface area contributed by atoms with Crippen molar-refractivity contribution in [3.05, 3.63) is 39.9 Å². The normalized spacial score (nSPS) is 12.2. The Kier molecular flexibility index (Phi) is 5.73. The van der Waals surface area contributed by atoms with Crippen molar-refractivity contribution in [1.82, 2.24) is 5.32 Å². The number of nitrogens with one attached hydrogen (secondary N) is 1. The summed E-state index contributed by atoms with van der Waals surface area (Å²) in [7, 11) is 0. The second-order valence-electron chi connectivity index (χ2n) is 4.66. The van der Waals surface area contributed by atoms with Gasteiger partial charge in [0.2, 0.25) is 0 Å². The van der Waals surface area contributed by atoms with Gasteiger partial charge in [-0.1, -0.05) is 56.2 Å². The van der Waals surface area contributed by atoms with Gasteiger partial charge in [0.15, 0.2) is 0 Å². The Morgan fingerprint density at radius 1 is 1.41 bits per heavy atom. The van der Waals surface area contributed by atoms with Crippen LogP contribution in [0.2, 0.25) is 5.02 Å². The maximum Gasteiger partial charge on any atom is 0.0441 e. The van der Waals surface area contributed by atoms with Crippen molar-refractivity contribution in [2.24, 2.45) is 5.92 Å². The Labute approximate surface area is 110 Å². The first-order valence-corrected chi connectivity index (χ1v) is 6.59. The maximum absolute atomic E-state index is 6.14. The lowest BCUT2D eigenvalue weighted by molar-refractivity contribution is 0.682. The Hall–Kier alpha value is -0.790. The van der Waals surface area contributed by atoms with Crippen LogP contribution < -0.4 is 5.32 Å². The fourth-order valence-corrected chi connectivity index (χ4v) is 1.79. The van der Waals surface area contributed by atoms with Crippen molar-refractivity contribution >= 4 is 17.7 Å². The molecule has 1 nitrogen and oxygen atoms in total. The molecule has 2 heteroatoms. The number of hydrogen-bond donors (Lipinski definition) is 1. The van der Waals surface area contributed by atoms with Gasteiger partial charge < -0.3 is 5.32 Å². The first kappa shape index (κ1) is 14.3. The van der Waals surface area contributed by atoms with Crippen molar-refractivity contribution in [2.75, 3.05) is 13.1 Å². The molecule has 0 aliphatic heterocycles. The molecule has 1 aromatic rings. The fourth-order valence-electron chi connectivity index (χ4n) is 1.60. The van der Waals surface area contributed by atoms with Gasteiger partial charge in [-0.05, 0) is 36.6 Å². The molecule has 0 spiro atoms. The van der Waals surface area contributed by atoms with Crippen LogP contribution in [0.3, 0.4) is 0 Å². The molecule has 0 unspecified atom stereocenters. The minimum atomic E-state index is 0.550. The van der Waals surface area contributed by atoms with Gasteiger partial charge in [-0.15, -0.1) is 0 Å². The standard InChI is InChI=1S/C15H22ClN/c1-5-17-10-14(11(2)3)8-13-7-6-12(4)15(16)9-13/h6-9,11,17H,5,10H2,1-4H3/b14-8-. The van der Waals surface area contributed by atoms with Gasteiger partial charge in [-0.25, -0.2) is 0 Å². The molecule has 0 aliphatic carbocycles. The smallest absolute Gasteiger partial charge is 0.0441 e. The number of hydrogen-bond acceptors (Lipinski definition) is 1. The topological polar surface area (TPSA) is 12.0 Å². The first-order chi connectivity index (χ1) is 8.04. The molecular weight excluding hydrogens is 230 g/mol. The van der Waals surface area contributed by atoms with Crippen LogP contribution in [0.4, 0.5) is 0 Å². The van der Waals surface area contributed by atoms with Crippen molar-refractivity contribution < 1.29 is 0 Å². The SMILES string of the molecule is CCNC/C(=C/c1ccc(C)c(Cl)c1)C(C)C. The molecular formula is C15H22ClN. The number of aryl methyl sites for hydroxylation is 1. The predicted octanol–water partition coefficient (Wildman–Crippen LogP) is 4.30. The van der Waals surface area contributed by atoms with E-state index < -0.39 is 0 Å². The van der Waals surface area contributed by atoms with Crippen LogP contribution in [0, 0.1) is 12.8 Å². The molecule has 0 amide bonds. The summed E-state index contributed by atoms with van der Waals surface area (Å²) in [5.41, 5.74) is 3.72. The molecule has 0 saturated carbocycles. The van der Waals surface area contributed by atoms with E-state index in [-0.39, 0.29) is 0 Å². The summed E-state index contributed by atoms with van der Waals surface area (Å²) < 4.78 is 0. The first-order valence-electron chi connectivity index (χ1n) is 6.22. The molecule has 0 heterocycles. The number of rotatable bonds is 5. The van der Waals surface area contributed by atoms with Crippen molar-refractivity contribution in [1.29, 1.82) is 0 Å². The highest BCUT2D eigenvalue weighted by Gasteiger charge is 2.03. The Balaban J connectivity index is 2.91. The van der Waals surface area contributed by atoms with Crippen LogP contribution >= 0.6 is 11.6 Å². The van der Waals surface area contributed by atoms with Gasteiger partial charge in [0.25, 0.3) is 0 Å². The lowest BCUT2D eigenvalue weighted by Crippen LogP contribution is -2.18. The summed E-state index contributed by atoms with van der Waals surface area (Å²) in [6.07, 6.45) is 2.23. The van der Waals surface area contributed by atoms with E-state index in [1.54, 1.807) is 0 Å². The minimum Gasteiger partial charge on any atom is -0.313 e. The summed E-state index contributed by atoms with van der Waals surface area (Å²) in [4.78, 5) is 0. The monoisotopic (exact) mass is 251 g/mol. The molecule has 17 heavy (non-hydrogen) atoms. The van der Waals surface area contributed by atoms with Crippen LogP contribution in [-0.2, 0) is 0 Å². The van der Waals surface area contributed by atoms with Crippen molar-refractivity contribution in [3.63, 3.8) is 0 Å². The molecule has 0 atom stereocenters. The second-order valence-corrected chi connectivity index (χ2v) is 5.07. The van der Waals surface area contributed by atoms with E-state index in [2.05, 4.69) is 44.3 Å². The molecule has 0 aromatic heterocycles. The van der Waals surface area contributed by atoms with Crippen LogP contribution in [0.25, 0.3) is 6.08 Å². The molecule has 0 fully saturated rings. The quantitative estimate of drug-likeness (QED) is 0.823. The van der Waals surface area contributed by atoms with E-state index in [0.29, 0.717) is 5.92 Å². The lowest BCUT2D eigenvalue weighted by Gasteiger charge is -2.12. The average molecular weight is 252 g/mol. The third-order valence-electron chi connectivity index (χ3n) is 2.87. The summed E-state index contributed by atoms with van der Waals surface area (Å²) in [5, 5.41) is 4.21. The van der Waals surface area contributed by atoms with Crippen molar-refractivity contribution in [3.8, 4) is 0 Å². The number of halogens is 1. The van der Waals surface area contributed by atoms with E-state index in [1.807, 2.05) is 13.0 Å². The highest BCUT2D eigenvalue weighted by molar-refractivity contribution is 6.31. The third kappa shape index (κ3) is 4.53. The molecule has 0 saturated heterocycles. The minimum absolute atomic E-state index is 0.550. The second kappa shape index (κ2) is 6.83. The molecule has 0 aliphatic rings. The molecule has 1 rings (SSSR count). The van der Waals surface area contributed by atoms with E-state index >= 15 is 0 Å². The Morgan fingerprint density at radius 3 is 2.65 bits per heavy atom. The summed E-state index contributed by atoms with van der Waals surface area (Å²) in [5.74, 6) is 0.550. The van der Waals surface area contributed by atoms with E-state index in [4.69, 9.17) is 11.6 Å². The summed E-state index contributed by atoms with van der Waals surface area (Å²) >= 11 is 6.14. The van der Waals surface area contributed by atoms with Gasteiger partial charge in [-0.3, -0.25) is 0 Å². The van der Waals surface area contributed by atoms with E-state index in [1.165, 1.54) is 11.1 Å². The number of benzene rings is 1. The third-order valence-corrected chi connectivity index (χ3v) is 3.28.